The van der Waals surface area contributed by atoms with Crippen LogP contribution in [0, 0.1) is 11.3 Å². The molecule has 0 spiro atoms. The van der Waals surface area contributed by atoms with E-state index in [1.807, 2.05) is 0 Å². The van der Waals surface area contributed by atoms with E-state index in [0.717, 1.165) is 12.5 Å². The summed E-state index contributed by atoms with van der Waals surface area (Å²) in [5.74, 6) is 0.786. The maximum atomic E-state index is 6.17. The van der Waals surface area contributed by atoms with Crippen molar-refractivity contribution in [2.75, 3.05) is 19.6 Å². The lowest BCUT2D eigenvalue weighted by Gasteiger charge is -2.44. The van der Waals surface area contributed by atoms with Crippen molar-refractivity contribution in [1.29, 1.82) is 0 Å². The Morgan fingerprint density at radius 2 is 1.88 bits per heavy atom. The molecule has 2 heteroatoms. The molecule has 0 aromatic rings. The van der Waals surface area contributed by atoms with E-state index in [-0.39, 0.29) is 0 Å². The Labute approximate surface area is 107 Å². The lowest BCUT2D eigenvalue weighted by atomic mass is 9.84. The van der Waals surface area contributed by atoms with E-state index in [1.54, 1.807) is 0 Å². The van der Waals surface area contributed by atoms with Gasteiger partial charge < -0.3 is 5.73 Å². The van der Waals surface area contributed by atoms with Crippen molar-refractivity contribution in [2.45, 2.75) is 64.8 Å². The monoisotopic (exact) mass is 238 g/mol. The number of likely N-dealkylation sites (tertiary alicyclic amines) is 1. The zero-order valence-electron chi connectivity index (χ0n) is 12.0. The molecule has 100 valence electrons. The highest BCUT2D eigenvalue weighted by Gasteiger charge is 2.44. The van der Waals surface area contributed by atoms with Gasteiger partial charge in [-0.25, -0.2) is 0 Å². The molecule has 1 aliphatic carbocycles. The Morgan fingerprint density at radius 1 is 1.12 bits per heavy atom. The van der Waals surface area contributed by atoms with Crippen LogP contribution in [0.2, 0.25) is 0 Å². The van der Waals surface area contributed by atoms with E-state index in [2.05, 4.69) is 25.7 Å². The standard InChI is InChI=1S/C15H30N2/c1-13-6-4-8-15(13,12-16)17-10-5-7-14(2,3)9-11-17/h13H,4-12,16H2,1-3H3. The lowest BCUT2D eigenvalue weighted by Crippen LogP contribution is -2.56. The molecule has 2 fully saturated rings. The number of hydrogen-bond donors (Lipinski definition) is 1. The Balaban J connectivity index is 2.10. The molecule has 2 nitrogen and oxygen atoms in total. The zero-order valence-corrected chi connectivity index (χ0v) is 12.0. The first kappa shape index (κ1) is 13.4. The van der Waals surface area contributed by atoms with Gasteiger partial charge in [-0.1, -0.05) is 27.2 Å². The fourth-order valence-corrected chi connectivity index (χ4v) is 4.00. The van der Waals surface area contributed by atoms with E-state index >= 15 is 0 Å². The van der Waals surface area contributed by atoms with E-state index in [0.29, 0.717) is 11.0 Å². The largest absolute Gasteiger partial charge is 0.329 e. The molecule has 2 unspecified atom stereocenters. The van der Waals surface area contributed by atoms with Gasteiger partial charge >= 0.3 is 0 Å². The van der Waals surface area contributed by atoms with E-state index < -0.39 is 0 Å². The molecule has 2 aliphatic rings. The molecule has 0 amide bonds. The van der Waals surface area contributed by atoms with Gasteiger partial charge in [0.25, 0.3) is 0 Å². The summed E-state index contributed by atoms with van der Waals surface area (Å²) in [6, 6.07) is 0. The van der Waals surface area contributed by atoms with Gasteiger partial charge in [0.15, 0.2) is 0 Å². The summed E-state index contributed by atoms with van der Waals surface area (Å²) in [5, 5.41) is 0. The van der Waals surface area contributed by atoms with Crippen LogP contribution in [0.15, 0.2) is 0 Å². The van der Waals surface area contributed by atoms with Crippen LogP contribution < -0.4 is 5.73 Å². The average Bonchev–Trinajstić information content (AvgIpc) is 2.55. The van der Waals surface area contributed by atoms with Crippen LogP contribution in [0.5, 0.6) is 0 Å². The van der Waals surface area contributed by atoms with Gasteiger partial charge in [0.05, 0.1) is 0 Å². The summed E-state index contributed by atoms with van der Waals surface area (Å²) >= 11 is 0. The van der Waals surface area contributed by atoms with Gasteiger partial charge in [0.2, 0.25) is 0 Å². The number of nitrogens with zero attached hydrogens (tertiary/aromatic N) is 1. The molecule has 1 aliphatic heterocycles. The van der Waals surface area contributed by atoms with Gasteiger partial charge in [-0.15, -0.1) is 0 Å². The van der Waals surface area contributed by atoms with Crippen molar-refractivity contribution >= 4 is 0 Å². The van der Waals surface area contributed by atoms with Crippen LogP contribution in [0.4, 0.5) is 0 Å². The second kappa shape index (κ2) is 4.89. The van der Waals surface area contributed by atoms with Crippen molar-refractivity contribution in [3.8, 4) is 0 Å². The predicted molar refractivity (Wildman–Crippen MR) is 74.0 cm³/mol. The first-order valence-corrected chi connectivity index (χ1v) is 7.45. The second-order valence-electron chi connectivity index (χ2n) is 7.11. The summed E-state index contributed by atoms with van der Waals surface area (Å²) in [6.07, 6.45) is 8.13. The number of nitrogens with two attached hydrogens (primary N) is 1. The highest BCUT2D eigenvalue weighted by Crippen LogP contribution is 2.42. The zero-order chi connectivity index (χ0) is 12.5. The molecule has 1 saturated heterocycles. The minimum absolute atomic E-state index is 0.334. The second-order valence-corrected chi connectivity index (χ2v) is 7.11. The molecule has 0 radical (unpaired) electrons. The Kier molecular flexibility index (Phi) is 3.84. The predicted octanol–water partition coefficient (Wildman–Crippen LogP) is 3.02. The van der Waals surface area contributed by atoms with Gasteiger partial charge in [0.1, 0.15) is 0 Å². The van der Waals surface area contributed by atoms with Gasteiger partial charge in [-0.3, -0.25) is 4.90 Å². The molecule has 0 aromatic heterocycles. The summed E-state index contributed by atoms with van der Waals surface area (Å²) in [5.41, 5.74) is 7.03. The van der Waals surface area contributed by atoms with Crippen LogP contribution in [0.25, 0.3) is 0 Å². The highest BCUT2D eigenvalue weighted by atomic mass is 15.2. The quantitative estimate of drug-likeness (QED) is 0.801. The summed E-state index contributed by atoms with van der Waals surface area (Å²) < 4.78 is 0. The smallest absolute Gasteiger partial charge is 0.0357 e. The molecule has 0 bridgehead atoms. The first-order chi connectivity index (χ1) is 8.00. The first-order valence-electron chi connectivity index (χ1n) is 7.45. The van der Waals surface area contributed by atoms with Crippen molar-refractivity contribution < 1.29 is 0 Å². The Bertz CT molecular complexity index is 262. The summed E-state index contributed by atoms with van der Waals surface area (Å²) in [7, 11) is 0. The van der Waals surface area contributed by atoms with Crippen LogP contribution in [-0.4, -0.2) is 30.1 Å². The number of hydrogen-bond acceptors (Lipinski definition) is 2. The minimum Gasteiger partial charge on any atom is -0.329 e. The van der Waals surface area contributed by atoms with Crippen LogP contribution in [0.3, 0.4) is 0 Å². The van der Waals surface area contributed by atoms with Crippen molar-refractivity contribution in [3.63, 3.8) is 0 Å². The minimum atomic E-state index is 0.334. The topological polar surface area (TPSA) is 29.3 Å². The van der Waals surface area contributed by atoms with Crippen molar-refractivity contribution in [3.05, 3.63) is 0 Å². The molecule has 1 saturated carbocycles. The fraction of sp³-hybridized carbons (Fsp3) is 1.00. The van der Waals surface area contributed by atoms with Gasteiger partial charge in [0, 0.05) is 12.1 Å². The highest BCUT2D eigenvalue weighted by molar-refractivity contribution is 5.01. The normalized spacial score (nSPS) is 39.2. The fourth-order valence-electron chi connectivity index (χ4n) is 4.00. The maximum absolute atomic E-state index is 6.17. The van der Waals surface area contributed by atoms with E-state index in [4.69, 9.17) is 5.73 Å². The molecule has 2 atom stereocenters. The third-order valence-corrected chi connectivity index (χ3v) is 5.49. The molecule has 0 aromatic carbocycles. The molecular weight excluding hydrogens is 208 g/mol. The van der Waals surface area contributed by atoms with E-state index in [9.17, 15) is 0 Å². The van der Waals surface area contributed by atoms with Crippen LogP contribution >= 0.6 is 0 Å². The summed E-state index contributed by atoms with van der Waals surface area (Å²) in [4.78, 5) is 2.75. The summed E-state index contributed by atoms with van der Waals surface area (Å²) in [6.45, 7) is 10.6. The third kappa shape index (κ3) is 2.53. The third-order valence-electron chi connectivity index (χ3n) is 5.49. The Morgan fingerprint density at radius 3 is 2.47 bits per heavy atom. The average molecular weight is 238 g/mol. The Hall–Kier alpha value is -0.0800. The number of rotatable bonds is 2. The van der Waals surface area contributed by atoms with Gasteiger partial charge in [-0.2, -0.15) is 0 Å². The molecule has 2 rings (SSSR count). The van der Waals surface area contributed by atoms with E-state index in [1.165, 1.54) is 51.6 Å². The van der Waals surface area contributed by atoms with Crippen molar-refractivity contribution in [2.24, 2.45) is 17.1 Å². The van der Waals surface area contributed by atoms with Gasteiger partial charge in [-0.05, 0) is 56.5 Å². The maximum Gasteiger partial charge on any atom is 0.0357 e. The SMILES string of the molecule is CC1CCCC1(CN)N1CCCC(C)(C)CC1. The molecule has 17 heavy (non-hydrogen) atoms. The van der Waals surface area contributed by atoms with Crippen LogP contribution in [-0.2, 0) is 0 Å². The lowest BCUT2D eigenvalue weighted by molar-refractivity contribution is 0.0644. The van der Waals surface area contributed by atoms with Crippen molar-refractivity contribution in [1.82, 2.24) is 4.90 Å². The van der Waals surface area contributed by atoms with Crippen LogP contribution in [0.1, 0.15) is 59.3 Å². The molecule has 2 N–H and O–H groups in total. The molecule has 1 heterocycles. The molecular formula is C15H30N2.